The van der Waals surface area contributed by atoms with Gasteiger partial charge >= 0.3 is 0 Å². The van der Waals surface area contributed by atoms with Gasteiger partial charge in [0.2, 0.25) is 0 Å². The minimum absolute atomic E-state index is 0.0226. The monoisotopic (exact) mass is 403 g/mol. The predicted octanol–water partition coefficient (Wildman–Crippen LogP) is 5.43. The third-order valence-electron chi connectivity index (χ3n) is 10.7. The molecule has 7 bridgehead atoms. The van der Waals surface area contributed by atoms with Crippen LogP contribution in [0.15, 0.2) is 42.5 Å². The summed E-state index contributed by atoms with van der Waals surface area (Å²) in [5.41, 5.74) is 2.99. The van der Waals surface area contributed by atoms with E-state index < -0.39 is 0 Å². The molecule has 0 N–H and O–H groups in total. The van der Waals surface area contributed by atoms with Gasteiger partial charge in [0.1, 0.15) is 6.23 Å². The van der Waals surface area contributed by atoms with Gasteiger partial charge in [0, 0.05) is 22.9 Å². The molecule has 0 aromatic heterocycles. The van der Waals surface area contributed by atoms with Gasteiger partial charge in [0.25, 0.3) is 5.91 Å². The van der Waals surface area contributed by atoms with Gasteiger partial charge in [-0.25, -0.2) is 0 Å². The number of carbonyl (C=O) groups is 1. The summed E-state index contributed by atoms with van der Waals surface area (Å²) in [6.07, 6.45) is 10.4. The number of amides is 1. The van der Waals surface area contributed by atoms with E-state index in [0.717, 1.165) is 12.1 Å². The Morgan fingerprint density at radius 3 is 2.77 bits per heavy atom. The Morgan fingerprint density at radius 2 is 1.97 bits per heavy atom. The number of hydrogen-bond acceptors (Lipinski definition) is 2. The zero-order valence-electron chi connectivity index (χ0n) is 18.1. The first-order valence-corrected chi connectivity index (χ1v) is 12.2. The minimum Gasteiger partial charge on any atom is -0.354 e. The number of rotatable bonds is 1. The number of piperidine rings is 1. The molecule has 8 fully saturated rings. The Bertz CT molecular complexity index is 941. The Hall–Kier alpha value is -1.61. The van der Waals surface area contributed by atoms with Crippen molar-refractivity contribution in [3.8, 4) is 0 Å². The van der Waals surface area contributed by atoms with Crippen molar-refractivity contribution in [3.05, 3.63) is 48.0 Å². The number of hydrogen-bond donors (Lipinski definition) is 0. The van der Waals surface area contributed by atoms with Gasteiger partial charge in [-0.1, -0.05) is 43.7 Å². The standard InChI is InChI=1S/C27H33NO2/c1-17-15-26-12-9-19(17)13-21(26)27-11-6-10-25(2)16-28(23(29)18-7-4-3-5-8-18)24(27)30-22(26)14-20(25)27/h3-5,7-8,19-22,24H,1,6,9-16H2,2H3/t19?,20-,21?,22+,24?,25?,26-,27?/m1/s1. The number of likely N-dealkylation sites (tertiary alicyclic amines) is 1. The third-order valence-corrected chi connectivity index (χ3v) is 10.7. The molecule has 3 heteroatoms. The van der Waals surface area contributed by atoms with E-state index >= 15 is 0 Å². The van der Waals surface area contributed by atoms with Gasteiger partial charge in [0.15, 0.2) is 0 Å². The van der Waals surface area contributed by atoms with Crippen molar-refractivity contribution < 1.29 is 9.53 Å². The lowest BCUT2D eigenvalue weighted by Gasteiger charge is -2.79. The maximum absolute atomic E-state index is 13.7. The van der Waals surface area contributed by atoms with Crippen LogP contribution in [0, 0.1) is 34.0 Å². The molecule has 3 aliphatic heterocycles. The van der Waals surface area contributed by atoms with Gasteiger partial charge in [-0.3, -0.25) is 4.79 Å². The number of benzene rings is 1. The van der Waals surface area contributed by atoms with Crippen LogP contribution < -0.4 is 0 Å². The molecule has 9 rings (SSSR count). The molecule has 8 atom stereocenters. The number of carbonyl (C=O) groups excluding carboxylic acids is 1. The molecule has 5 aliphatic carbocycles. The average Bonchev–Trinajstić information content (AvgIpc) is 2.76. The maximum Gasteiger partial charge on any atom is 0.255 e. The fraction of sp³-hybridized carbons (Fsp3) is 0.667. The highest BCUT2D eigenvalue weighted by Crippen LogP contribution is 2.78. The first-order chi connectivity index (χ1) is 14.5. The molecule has 3 heterocycles. The zero-order chi connectivity index (χ0) is 20.3. The average molecular weight is 404 g/mol. The van der Waals surface area contributed by atoms with E-state index in [9.17, 15) is 4.79 Å². The van der Waals surface area contributed by atoms with E-state index in [2.05, 4.69) is 18.4 Å². The van der Waals surface area contributed by atoms with E-state index in [1.165, 1.54) is 56.9 Å². The van der Waals surface area contributed by atoms with Crippen LogP contribution in [0.3, 0.4) is 0 Å². The highest BCUT2D eigenvalue weighted by molar-refractivity contribution is 5.94. The van der Waals surface area contributed by atoms with Crippen molar-refractivity contribution in [1.82, 2.24) is 4.90 Å². The highest BCUT2D eigenvalue weighted by atomic mass is 16.5. The first-order valence-electron chi connectivity index (χ1n) is 12.2. The smallest absolute Gasteiger partial charge is 0.255 e. The van der Waals surface area contributed by atoms with E-state index in [1.54, 1.807) is 0 Å². The first kappa shape index (κ1) is 18.0. The van der Waals surface area contributed by atoms with Crippen LogP contribution in [0.5, 0.6) is 0 Å². The van der Waals surface area contributed by atoms with E-state index in [4.69, 9.17) is 4.74 Å². The van der Waals surface area contributed by atoms with Crippen LogP contribution in [-0.2, 0) is 4.74 Å². The lowest BCUT2D eigenvalue weighted by atomic mass is 9.33. The Morgan fingerprint density at radius 1 is 1.13 bits per heavy atom. The Labute approximate surface area is 179 Å². The van der Waals surface area contributed by atoms with Gasteiger partial charge < -0.3 is 9.64 Å². The molecule has 158 valence electrons. The fourth-order valence-electron chi connectivity index (χ4n) is 9.71. The molecule has 1 amide bonds. The second kappa shape index (κ2) is 5.59. The minimum atomic E-state index is -0.0226. The van der Waals surface area contributed by atoms with Gasteiger partial charge in [0.05, 0.1) is 6.10 Å². The number of fused-ring (bicyclic) bond motifs is 2. The SMILES string of the molecule is C=C1C[C@]23CCC1CC2C12CCCC4(C)CN(C(=O)c5ccccc5)C1O[C@H]3C[C@H]42. The molecule has 5 unspecified atom stereocenters. The molecule has 1 aromatic carbocycles. The van der Waals surface area contributed by atoms with Gasteiger partial charge in [-0.15, -0.1) is 0 Å². The molecule has 3 saturated heterocycles. The number of allylic oxidation sites excluding steroid dienone is 1. The van der Waals surface area contributed by atoms with Crippen molar-refractivity contribution in [1.29, 1.82) is 0 Å². The summed E-state index contributed by atoms with van der Waals surface area (Å²) in [4.78, 5) is 15.9. The largest absolute Gasteiger partial charge is 0.354 e. The summed E-state index contributed by atoms with van der Waals surface area (Å²) < 4.78 is 7.03. The van der Waals surface area contributed by atoms with Crippen molar-refractivity contribution in [2.75, 3.05) is 6.54 Å². The molecule has 2 spiro atoms. The summed E-state index contributed by atoms with van der Waals surface area (Å²) in [7, 11) is 0. The molecule has 1 aromatic rings. The molecule has 3 nitrogen and oxygen atoms in total. The third kappa shape index (κ3) is 1.91. The van der Waals surface area contributed by atoms with Crippen molar-refractivity contribution in [3.63, 3.8) is 0 Å². The van der Waals surface area contributed by atoms with Crippen LogP contribution >= 0.6 is 0 Å². The van der Waals surface area contributed by atoms with E-state index in [-0.39, 0.29) is 23.0 Å². The number of nitrogens with zero attached hydrogens (tertiary/aromatic N) is 1. The molecule has 30 heavy (non-hydrogen) atoms. The lowest BCUT2D eigenvalue weighted by molar-refractivity contribution is -0.386. The molecule has 0 radical (unpaired) electrons. The number of ether oxygens (including phenoxy) is 1. The van der Waals surface area contributed by atoms with Crippen LogP contribution in [0.4, 0.5) is 0 Å². The normalized spacial score (nSPS) is 50.4. The topological polar surface area (TPSA) is 29.5 Å². The van der Waals surface area contributed by atoms with Crippen molar-refractivity contribution in [2.45, 2.75) is 70.6 Å². The van der Waals surface area contributed by atoms with Crippen LogP contribution in [0.1, 0.15) is 68.6 Å². The molecule has 8 aliphatic rings. The zero-order valence-corrected chi connectivity index (χ0v) is 18.1. The second-order valence-corrected chi connectivity index (χ2v) is 11.8. The Balaban J connectivity index is 1.38. The molecule has 5 saturated carbocycles. The predicted molar refractivity (Wildman–Crippen MR) is 116 cm³/mol. The van der Waals surface area contributed by atoms with Crippen molar-refractivity contribution >= 4 is 5.91 Å². The second-order valence-electron chi connectivity index (χ2n) is 11.8. The van der Waals surface area contributed by atoms with E-state index in [1.807, 2.05) is 30.3 Å². The Kier molecular flexibility index (Phi) is 3.36. The highest BCUT2D eigenvalue weighted by Gasteiger charge is 2.77. The van der Waals surface area contributed by atoms with E-state index in [0.29, 0.717) is 29.3 Å². The van der Waals surface area contributed by atoms with Crippen LogP contribution in [0.2, 0.25) is 0 Å². The van der Waals surface area contributed by atoms with Gasteiger partial charge in [-0.05, 0) is 80.2 Å². The summed E-state index contributed by atoms with van der Waals surface area (Å²) >= 11 is 0. The summed E-state index contributed by atoms with van der Waals surface area (Å²) in [6, 6.07) is 9.90. The van der Waals surface area contributed by atoms with Crippen LogP contribution in [-0.4, -0.2) is 29.7 Å². The fourth-order valence-corrected chi connectivity index (χ4v) is 9.71. The van der Waals surface area contributed by atoms with Crippen LogP contribution in [0.25, 0.3) is 0 Å². The quantitative estimate of drug-likeness (QED) is 0.586. The summed E-state index contributed by atoms with van der Waals surface area (Å²) in [5, 5.41) is 0. The van der Waals surface area contributed by atoms with Crippen molar-refractivity contribution in [2.24, 2.45) is 34.0 Å². The lowest BCUT2D eigenvalue weighted by Crippen LogP contribution is -2.80. The maximum atomic E-state index is 13.7. The molecular weight excluding hydrogens is 370 g/mol. The summed E-state index contributed by atoms with van der Waals surface area (Å²) in [5.74, 6) is 2.31. The molecular formula is C27H33NO2. The summed E-state index contributed by atoms with van der Waals surface area (Å²) in [6.45, 7) is 7.85. The van der Waals surface area contributed by atoms with Gasteiger partial charge in [-0.2, -0.15) is 0 Å².